The van der Waals surface area contributed by atoms with Crippen LogP contribution in [0.3, 0.4) is 0 Å². The third-order valence-electron chi connectivity index (χ3n) is 7.04. The Labute approximate surface area is 214 Å². The molecule has 1 aromatic carbocycles. The number of anilines is 2. The standard InChI is InChI=1S/C28H29F2N7/c1-19(33-23-6-8-26(32-15-23)37-17-28(29,30)18-37)27-24-12-21(5-7-25(24)34-35-27)22-11-20(13-31-14-22)16-36-9-3-2-4-10-36/h5-8,11-15,33H,1-4,9-10,16-18H2,(H,34,35). The lowest BCUT2D eigenvalue weighted by Crippen LogP contribution is -2.56. The minimum atomic E-state index is -2.63. The fourth-order valence-corrected chi connectivity index (χ4v) is 5.09. The molecule has 3 aromatic heterocycles. The summed E-state index contributed by atoms with van der Waals surface area (Å²) in [5.41, 5.74) is 6.29. The molecule has 9 heteroatoms. The number of H-pyrrole nitrogens is 1. The third kappa shape index (κ3) is 5.04. The summed E-state index contributed by atoms with van der Waals surface area (Å²) in [6.07, 6.45) is 9.33. The number of benzene rings is 1. The van der Waals surface area contributed by atoms with Crippen LogP contribution in [-0.4, -0.2) is 57.2 Å². The number of aromatic amines is 1. The normalized spacial score (nSPS) is 17.5. The highest BCUT2D eigenvalue weighted by molar-refractivity contribution is 5.95. The molecule has 0 amide bonds. The number of nitrogens with zero attached hydrogens (tertiary/aromatic N) is 5. The van der Waals surface area contributed by atoms with Crippen LogP contribution in [-0.2, 0) is 6.54 Å². The first-order chi connectivity index (χ1) is 17.9. The van der Waals surface area contributed by atoms with E-state index in [-0.39, 0.29) is 13.1 Å². The topological polar surface area (TPSA) is 73.0 Å². The zero-order valence-electron chi connectivity index (χ0n) is 20.6. The molecule has 4 aromatic rings. The third-order valence-corrected chi connectivity index (χ3v) is 7.04. The molecule has 190 valence electrons. The lowest BCUT2D eigenvalue weighted by atomic mass is 10.0. The van der Waals surface area contributed by atoms with Crippen LogP contribution in [0.2, 0.25) is 0 Å². The monoisotopic (exact) mass is 501 g/mol. The first kappa shape index (κ1) is 23.5. The van der Waals surface area contributed by atoms with Gasteiger partial charge in [0.15, 0.2) is 0 Å². The second-order valence-electron chi connectivity index (χ2n) is 9.97. The summed E-state index contributed by atoms with van der Waals surface area (Å²) < 4.78 is 26.3. The molecular formula is C28H29F2N7. The van der Waals surface area contributed by atoms with E-state index in [2.05, 4.69) is 55.2 Å². The largest absolute Gasteiger partial charge is 0.353 e. The van der Waals surface area contributed by atoms with Gasteiger partial charge >= 0.3 is 0 Å². The highest BCUT2D eigenvalue weighted by atomic mass is 19.3. The fraction of sp³-hybridized carbons (Fsp3) is 0.321. The van der Waals surface area contributed by atoms with Gasteiger partial charge in [-0.2, -0.15) is 5.10 Å². The van der Waals surface area contributed by atoms with Crippen molar-refractivity contribution in [1.29, 1.82) is 0 Å². The Kier molecular flexibility index (Phi) is 6.08. The van der Waals surface area contributed by atoms with Gasteiger partial charge in [-0.25, -0.2) is 13.8 Å². The summed E-state index contributed by atoms with van der Waals surface area (Å²) >= 11 is 0. The Balaban J connectivity index is 1.18. The average molecular weight is 502 g/mol. The molecule has 2 N–H and O–H groups in total. The molecule has 2 aliphatic rings. The van der Waals surface area contributed by atoms with Gasteiger partial charge in [-0.15, -0.1) is 0 Å². The van der Waals surface area contributed by atoms with Gasteiger partial charge in [-0.05, 0) is 67.4 Å². The molecule has 7 nitrogen and oxygen atoms in total. The predicted molar refractivity (Wildman–Crippen MR) is 143 cm³/mol. The number of hydrogen-bond donors (Lipinski definition) is 2. The minimum absolute atomic E-state index is 0.294. The summed E-state index contributed by atoms with van der Waals surface area (Å²) in [6, 6.07) is 12.0. The lowest BCUT2D eigenvalue weighted by Gasteiger charge is -2.39. The van der Waals surface area contributed by atoms with E-state index in [4.69, 9.17) is 0 Å². The lowest BCUT2D eigenvalue weighted by molar-refractivity contribution is -0.0266. The molecule has 0 spiro atoms. The van der Waals surface area contributed by atoms with Crippen LogP contribution in [0.25, 0.3) is 27.7 Å². The zero-order chi connectivity index (χ0) is 25.4. The molecule has 2 fully saturated rings. The number of alkyl halides is 2. The quantitative estimate of drug-likeness (QED) is 0.346. The van der Waals surface area contributed by atoms with E-state index in [1.54, 1.807) is 17.2 Å². The number of piperidine rings is 1. The number of fused-ring (bicyclic) bond motifs is 1. The molecule has 0 unspecified atom stereocenters. The molecule has 0 atom stereocenters. The van der Waals surface area contributed by atoms with Crippen molar-refractivity contribution >= 4 is 28.1 Å². The van der Waals surface area contributed by atoms with Crippen LogP contribution in [0.1, 0.15) is 30.5 Å². The van der Waals surface area contributed by atoms with E-state index in [1.807, 2.05) is 24.5 Å². The summed E-state index contributed by atoms with van der Waals surface area (Å²) in [5, 5.41) is 11.8. The highest BCUT2D eigenvalue weighted by Crippen LogP contribution is 2.32. The van der Waals surface area contributed by atoms with Gasteiger partial charge in [0.1, 0.15) is 11.5 Å². The molecule has 2 aliphatic heterocycles. The van der Waals surface area contributed by atoms with Crippen molar-refractivity contribution in [2.75, 3.05) is 36.4 Å². The molecule has 0 radical (unpaired) electrons. The van der Waals surface area contributed by atoms with E-state index in [0.29, 0.717) is 22.9 Å². The van der Waals surface area contributed by atoms with Crippen LogP contribution < -0.4 is 10.2 Å². The maximum atomic E-state index is 13.2. The molecular weight excluding hydrogens is 472 g/mol. The molecule has 0 saturated carbocycles. The maximum Gasteiger partial charge on any atom is 0.282 e. The van der Waals surface area contributed by atoms with Gasteiger partial charge in [0.2, 0.25) is 0 Å². The van der Waals surface area contributed by atoms with Gasteiger partial charge in [-0.3, -0.25) is 15.0 Å². The van der Waals surface area contributed by atoms with Crippen LogP contribution in [0.4, 0.5) is 20.3 Å². The van der Waals surface area contributed by atoms with Gasteiger partial charge in [-0.1, -0.05) is 19.1 Å². The Morgan fingerprint density at radius 2 is 1.84 bits per heavy atom. The number of aromatic nitrogens is 4. The maximum absolute atomic E-state index is 13.2. The zero-order valence-corrected chi connectivity index (χ0v) is 20.6. The summed E-state index contributed by atoms with van der Waals surface area (Å²) in [4.78, 5) is 12.9. The molecule has 2 saturated heterocycles. The molecule has 6 rings (SSSR count). The van der Waals surface area contributed by atoms with E-state index >= 15 is 0 Å². The Hall–Kier alpha value is -3.85. The summed E-state index contributed by atoms with van der Waals surface area (Å²) in [5.74, 6) is -2.09. The van der Waals surface area contributed by atoms with Gasteiger partial charge in [0, 0.05) is 29.9 Å². The summed E-state index contributed by atoms with van der Waals surface area (Å²) in [6.45, 7) is 6.81. The van der Waals surface area contributed by atoms with E-state index < -0.39 is 5.92 Å². The minimum Gasteiger partial charge on any atom is -0.353 e. The number of halogens is 2. The average Bonchev–Trinajstić information content (AvgIpc) is 3.32. The van der Waals surface area contributed by atoms with Gasteiger partial charge < -0.3 is 10.2 Å². The first-order valence-corrected chi connectivity index (χ1v) is 12.6. The van der Waals surface area contributed by atoms with Crippen LogP contribution in [0, 0.1) is 0 Å². The molecule has 5 heterocycles. The molecule has 0 bridgehead atoms. The van der Waals surface area contributed by atoms with Crippen LogP contribution in [0.5, 0.6) is 0 Å². The van der Waals surface area contributed by atoms with Crippen molar-refractivity contribution in [2.24, 2.45) is 0 Å². The van der Waals surface area contributed by atoms with Crippen molar-refractivity contribution in [3.8, 4) is 11.1 Å². The van der Waals surface area contributed by atoms with E-state index in [9.17, 15) is 8.78 Å². The van der Waals surface area contributed by atoms with Crippen molar-refractivity contribution in [1.82, 2.24) is 25.1 Å². The number of rotatable bonds is 7. The Morgan fingerprint density at radius 3 is 2.59 bits per heavy atom. The van der Waals surface area contributed by atoms with Gasteiger partial charge in [0.25, 0.3) is 5.92 Å². The first-order valence-electron chi connectivity index (χ1n) is 12.6. The Morgan fingerprint density at radius 1 is 1.00 bits per heavy atom. The van der Waals surface area contributed by atoms with E-state index in [0.717, 1.165) is 41.7 Å². The highest BCUT2D eigenvalue weighted by Gasteiger charge is 2.44. The predicted octanol–water partition coefficient (Wildman–Crippen LogP) is 5.54. The van der Waals surface area contributed by atoms with Crippen molar-refractivity contribution in [3.63, 3.8) is 0 Å². The molecule has 0 aliphatic carbocycles. The number of hydrogen-bond acceptors (Lipinski definition) is 6. The van der Waals surface area contributed by atoms with Crippen molar-refractivity contribution < 1.29 is 8.78 Å². The molecule has 37 heavy (non-hydrogen) atoms. The number of nitrogens with one attached hydrogen (secondary N) is 2. The number of pyridine rings is 2. The smallest absolute Gasteiger partial charge is 0.282 e. The second kappa shape index (κ2) is 9.55. The van der Waals surface area contributed by atoms with Crippen LogP contribution >= 0.6 is 0 Å². The summed E-state index contributed by atoms with van der Waals surface area (Å²) in [7, 11) is 0. The fourth-order valence-electron chi connectivity index (χ4n) is 5.09. The van der Waals surface area contributed by atoms with Gasteiger partial charge in [0.05, 0.1) is 36.2 Å². The van der Waals surface area contributed by atoms with Crippen molar-refractivity contribution in [3.05, 3.63) is 72.8 Å². The van der Waals surface area contributed by atoms with Crippen LogP contribution in [0.15, 0.2) is 61.6 Å². The van der Waals surface area contributed by atoms with Crippen molar-refractivity contribution in [2.45, 2.75) is 31.7 Å². The Bertz CT molecular complexity index is 1420. The number of likely N-dealkylation sites (tertiary alicyclic amines) is 1. The second-order valence-corrected chi connectivity index (χ2v) is 9.97. The SMILES string of the molecule is C=C(Nc1ccc(N2CC(F)(F)C2)nc1)c1n[nH]c2ccc(-c3cncc(CN4CCCCC4)c3)cc12. The van der Waals surface area contributed by atoms with E-state index in [1.165, 1.54) is 24.8 Å².